The Hall–Kier alpha value is -1.55. The summed E-state index contributed by atoms with van der Waals surface area (Å²) < 4.78 is 0. The highest BCUT2D eigenvalue weighted by Gasteiger charge is 2.20. The Kier molecular flexibility index (Phi) is 4.80. The number of piperidine rings is 1. The maximum atomic E-state index is 12.4. The minimum Gasteiger partial charge on any atom is -0.508 e. The van der Waals surface area contributed by atoms with Crippen LogP contribution >= 0.6 is 0 Å². The first-order valence-corrected chi connectivity index (χ1v) is 7.02. The van der Waals surface area contributed by atoms with Crippen LogP contribution in [-0.2, 0) is 0 Å². The highest BCUT2D eigenvalue weighted by Crippen LogP contribution is 2.14. The Morgan fingerprint density at radius 2 is 2.11 bits per heavy atom. The molecule has 0 radical (unpaired) electrons. The number of phenols is 1. The van der Waals surface area contributed by atoms with Gasteiger partial charge in [-0.25, -0.2) is 0 Å². The molecule has 1 saturated heterocycles. The number of carbonyl (C=O) groups is 1. The van der Waals surface area contributed by atoms with E-state index < -0.39 is 0 Å². The number of amides is 1. The maximum absolute atomic E-state index is 12.4. The van der Waals surface area contributed by atoms with Crippen LogP contribution < -0.4 is 5.32 Å². The van der Waals surface area contributed by atoms with Gasteiger partial charge in [0, 0.05) is 24.7 Å². The van der Waals surface area contributed by atoms with Gasteiger partial charge in [0.2, 0.25) is 0 Å². The van der Waals surface area contributed by atoms with Crippen molar-refractivity contribution in [3.05, 3.63) is 29.8 Å². The number of nitrogens with one attached hydrogen (secondary N) is 1. The lowest BCUT2D eigenvalue weighted by molar-refractivity contribution is 0.0741. The molecule has 2 rings (SSSR count). The summed E-state index contributed by atoms with van der Waals surface area (Å²) in [6.45, 7) is 4.52. The van der Waals surface area contributed by atoms with Gasteiger partial charge < -0.3 is 15.3 Å². The molecule has 0 aliphatic carbocycles. The van der Waals surface area contributed by atoms with Gasteiger partial charge in [0.15, 0.2) is 0 Å². The minimum absolute atomic E-state index is 0.0369. The molecule has 4 nitrogen and oxygen atoms in total. The fourth-order valence-electron chi connectivity index (χ4n) is 2.49. The van der Waals surface area contributed by atoms with Gasteiger partial charge in [-0.2, -0.15) is 0 Å². The molecule has 1 unspecified atom stereocenters. The fraction of sp³-hybridized carbons (Fsp3) is 0.533. The number of carbonyl (C=O) groups excluding carboxylic acids is 1. The zero-order valence-electron chi connectivity index (χ0n) is 11.4. The topological polar surface area (TPSA) is 52.6 Å². The molecule has 1 aliphatic heterocycles. The first-order chi connectivity index (χ1) is 9.20. The standard InChI is InChI=1S/C15H22N2O2/c1-2-17(11-13-5-3-4-10-16-13)15(19)12-6-8-14(18)9-7-12/h6-9,13,16,18H,2-5,10-11H2,1H3. The van der Waals surface area contributed by atoms with Crippen LogP contribution in [-0.4, -0.2) is 41.6 Å². The van der Waals surface area contributed by atoms with Gasteiger partial charge in [-0.15, -0.1) is 0 Å². The van der Waals surface area contributed by atoms with Crippen LogP contribution in [0.5, 0.6) is 5.75 Å². The molecule has 1 heterocycles. The average molecular weight is 262 g/mol. The van der Waals surface area contributed by atoms with Crippen molar-refractivity contribution < 1.29 is 9.90 Å². The molecule has 4 heteroatoms. The van der Waals surface area contributed by atoms with E-state index in [0.29, 0.717) is 18.2 Å². The smallest absolute Gasteiger partial charge is 0.253 e. The Labute approximate surface area is 114 Å². The molecular weight excluding hydrogens is 240 g/mol. The summed E-state index contributed by atoms with van der Waals surface area (Å²) in [6.07, 6.45) is 3.61. The van der Waals surface area contributed by atoms with Crippen molar-refractivity contribution in [1.29, 1.82) is 0 Å². The molecule has 19 heavy (non-hydrogen) atoms. The SMILES string of the molecule is CCN(CC1CCCCN1)C(=O)c1ccc(O)cc1. The van der Waals surface area contributed by atoms with Gasteiger partial charge in [-0.1, -0.05) is 6.42 Å². The van der Waals surface area contributed by atoms with Crippen LogP contribution in [0.25, 0.3) is 0 Å². The molecule has 2 N–H and O–H groups in total. The normalized spacial score (nSPS) is 19.1. The largest absolute Gasteiger partial charge is 0.508 e. The van der Waals surface area contributed by atoms with Crippen LogP contribution in [0.2, 0.25) is 0 Å². The number of hydrogen-bond acceptors (Lipinski definition) is 3. The Balaban J connectivity index is 1.99. The van der Waals surface area contributed by atoms with Crippen molar-refractivity contribution in [3.8, 4) is 5.75 Å². The summed E-state index contributed by atoms with van der Waals surface area (Å²) in [5.74, 6) is 0.225. The van der Waals surface area contributed by atoms with Crippen LogP contribution in [0.15, 0.2) is 24.3 Å². The Morgan fingerprint density at radius 3 is 2.68 bits per heavy atom. The lowest BCUT2D eigenvalue weighted by Gasteiger charge is -2.30. The summed E-state index contributed by atoms with van der Waals surface area (Å²) in [4.78, 5) is 14.2. The summed E-state index contributed by atoms with van der Waals surface area (Å²) in [5, 5.41) is 12.7. The van der Waals surface area contributed by atoms with E-state index >= 15 is 0 Å². The predicted molar refractivity (Wildman–Crippen MR) is 75.3 cm³/mol. The van der Waals surface area contributed by atoms with Gasteiger partial charge in [-0.05, 0) is 50.6 Å². The highest BCUT2D eigenvalue weighted by molar-refractivity contribution is 5.94. The van der Waals surface area contributed by atoms with E-state index in [0.717, 1.165) is 19.5 Å². The molecule has 1 aromatic carbocycles. The second-order valence-electron chi connectivity index (χ2n) is 5.04. The zero-order valence-corrected chi connectivity index (χ0v) is 11.4. The second kappa shape index (κ2) is 6.57. The zero-order chi connectivity index (χ0) is 13.7. The first-order valence-electron chi connectivity index (χ1n) is 7.02. The van der Waals surface area contributed by atoms with Crippen molar-refractivity contribution in [2.45, 2.75) is 32.2 Å². The number of phenolic OH excluding ortho intramolecular Hbond substituents is 1. The number of likely N-dealkylation sites (N-methyl/N-ethyl adjacent to an activating group) is 1. The molecular formula is C15H22N2O2. The molecule has 0 spiro atoms. The quantitative estimate of drug-likeness (QED) is 0.872. The average Bonchev–Trinajstić information content (AvgIpc) is 2.46. The number of aromatic hydroxyl groups is 1. The van der Waals surface area contributed by atoms with Crippen LogP contribution in [0.3, 0.4) is 0 Å². The van der Waals surface area contributed by atoms with Gasteiger partial charge in [0.1, 0.15) is 5.75 Å². The maximum Gasteiger partial charge on any atom is 0.253 e. The molecule has 1 aromatic rings. The lowest BCUT2D eigenvalue weighted by atomic mass is 10.0. The lowest BCUT2D eigenvalue weighted by Crippen LogP contribution is -2.45. The van der Waals surface area contributed by atoms with Gasteiger partial charge in [0.05, 0.1) is 0 Å². The van der Waals surface area contributed by atoms with E-state index in [4.69, 9.17) is 0 Å². The predicted octanol–water partition coefficient (Wildman–Crippen LogP) is 2.00. The molecule has 1 atom stereocenters. The van der Waals surface area contributed by atoms with E-state index in [9.17, 15) is 9.90 Å². The van der Waals surface area contributed by atoms with Crippen molar-refractivity contribution >= 4 is 5.91 Å². The molecule has 1 amide bonds. The molecule has 0 bridgehead atoms. The number of benzene rings is 1. The van der Waals surface area contributed by atoms with Crippen molar-refractivity contribution in [1.82, 2.24) is 10.2 Å². The molecule has 1 fully saturated rings. The van der Waals surface area contributed by atoms with E-state index in [1.807, 2.05) is 11.8 Å². The van der Waals surface area contributed by atoms with Crippen molar-refractivity contribution in [3.63, 3.8) is 0 Å². The van der Waals surface area contributed by atoms with E-state index in [1.54, 1.807) is 24.3 Å². The summed E-state index contributed by atoms with van der Waals surface area (Å²) in [7, 11) is 0. The Bertz CT molecular complexity index is 411. The van der Waals surface area contributed by atoms with Crippen molar-refractivity contribution in [2.75, 3.05) is 19.6 Å². The highest BCUT2D eigenvalue weighted by atomic mass is 16.3. The third-order valence-electron chi connectivity index (χ3n) is 3.64. The summed E-state index contributed by atoms with van der Waals surface area (Å²) in [5.41, 5.74) is 0.635. The molecule has 0 saturated carbocycles. The van der Waals surface area contributed by atoms with E-state index in [1.165, 1.54) is 12.8 Å². The molecule has 1 aliphatic rings. The van der Waals surface area contributed by atoms with E-state index in [-0.39, 0.29) is 11.7 Å². The minimum atomic E-state index is 0.0369. The van der Waals surface area contributed by atoms with E-state index in [2.05, 4.69) is 5.32 Å². The van der Waals surface area contributed by atoms with Gasteiger partial charge in [-0.3, -0.25) is 4.79 Å². The van der Waals surface area contributed by atoms with Crippen molar-refractivity contribution in [2.24, 2.45) is 0 Å². The number of hydrogen-bond donors (Lipinski definition) is 2. The fourth-order valence-corrected chi connectivity index (χ4v) is 2.49. The molecule has 104 valence electrons. The second-order valence-corrected chi connectivity index (χ2v) is 5.04. The number of nitrogens with zero attached hydrogens (tertiary/aromatic N) is 1. The van der Waals surface area contributed by atoms with Gasteiger partial charge in [0.25, 0.3) is 5.91 Å². The third kappa shape index (κ3) is 3.70. The third-order valence-corrected chi connectivity index (χ3v) is 3.64. The van der Waals surface area contributed by atoms with Crippen LogP contribution in [0.4, 0.5) is 0 Å². The summed E-state index contributed by atoms with van der Waals surface area (Å²) >= 11 is 0. The monoisotopic (exact) mass is 262 g/mol. The number of rotatable bonds is 4. The van der Waals surface area contributed by atoms with Crippen LogP contribution in [0, 0.1) is 0 Å². The van der Waals surface area contributed by atoms with Gasteiger partial charge >= 0.3 is 0 Å². The Morgan fingerprint density at radius 1 is 1.37 bits per heavy atom. The summed E-state index contributed by atoms with van der Waals surface area (Å²) in [6, 6.07) is 6.87. The molecule has 0 aromatic heterocycles. The van der Waals surface area contributed by atoms with Crippen LogP contribution in [0.1, 0.15) is 36.5 Å². The first kappa shape index (κ1) is 13.9.